The summed E-state index contributed by atoms with van der Waals surface area (Å²) in [4.78, 5) is 11.2. The van der Waals surface area contributed by atoms with Crippen LogP contribution in [-0.2, 0) is 4.79 Å². The van der Waals surface area contributed by atoms with E-state index in [4.69, 9.17) is 10.5 Å². The van der Waals surface area contributed by atoms with Crippen LogP contribution in [0.5, 0.6) is 5.75 Å². The fourth-order valence-electron chi connectivity index (χ4n) is 1.51. The number of hydrogen-bond donors (Lipinski definition) is 2. The molecule has 3 N–H and O–H groups in total. The van der Waals surface area contributed by atoms with E-state index in [-0.39, 0.29) is 11.9 Å². The molecule has 0 aliphatic carbocycles. The average Bonchev–Trinajstić information content (AvgIpc) is 2.36. The largest absolute Gasteiger partial charge is 0.497 e. The third-order valence-electron chi connectivity index (χ3n) is 3.13. The average molecular weight is 250 g/mol. The second-order valence-electron chi connectivity index (χ2n) is 5.12. The van der Waals surface area contributed by atoms with Crippen LogP contribution in [-0.4, -0.2) is 19.6 Å². The first-order valence-electron chi connectivity index (χ1n) is 6.04. The van der Waals surface area contributed by atoms with Crippen LogP contribution in [0.4, 0.5) is 0 Å². The molecule has 18 heavy (non-hydrogen) atoms. The lowest BCUT2D eigenvalue weighted by Crippen LogP contribution is -2.41. The highest BCUT2D eigenvalue weighted by atomic mass is 16.5. The molecule has 4 nitrogen and oxygen atoms in total. The predicted molar refractivity (Wildman–Crippen MR) is 72.4 cm³/mol. The molecule has 1 rings (SSSR count). The quantitative estimate of drug-likeness (QED) is 0.810. The molecule has 0 fully saturated rings. The van der Waals surface area contributed by atoms with E-state index in [1.165, 1.54) is 0 Å². The van der Waals surface area contributed by atoms with Crippen LogP contribution in [0.15, 0.2) is 24.3 Å². The molecule has 1 amide bonds. The van der Waals surface area contributed by atoms with Gasteiger partial charge in [0.25, 0.3) is 0 Å². The Morgan fingerprint density at radius 1 is 1.39 bits per heavy atom. The van der Waals surface area contributed by atoms with Crippen LogP contribution >= 0.6 is 0 Å². The Morgan fingerprint density at radius 2 is 1.94 bits per heavy atom. The number of methoxy groups -OCH3 is 1. The lowest BCUT2D eigenvalue weighted by molar-refractivity contribution is -0.125. The van der Waals surface area contributed by atoms with Gasteiger partial charge in [0.15, 0.2) is 0 Å². The summed E-state index contributed by atoms with van der Waals surface area (Å²) in [6.45, 7) is 6.28. The normalized spacial score (nSPS) is 13.1. The lowest BCUT2D eigenvalue weighted by Gasteiger charge is -2.24. The number of benzene rings is 1. The fourth-order valence-corrected chi connectivity index (χ4v) is 1.51. The third kappa shape index (κ3) is 3.74. The maximum Gasteiger partial charge on any atom is 0.224 e. The molecular weight excluding hydrogens is 228 g/mol. The van der Waals surface area contributed by atoms with Crippen molar-refractivity contribution in [3.05, 3.63) is 29.8 Å². The topological polar surface area (TPSA) is 64.3 Å². The summed E-state index contributed by atoms with van der Waals surface area (Å²) in [5.41, 5.74) is 5.95. The van der Waals surface area contributed by atoms with E-state index < -0.39 is 5.41 Å². The zero-order valence-electron chi connectivity index (χ0n) is 11.5. The van der Waals surface area contributed by atoms with Crippen molar-refractivity contribution in [2.75, 3.05) is 13.7 Å². The molecular formula is C14H22N2O2. The Kier molecular flexibility index (Phi) is 4.73. The van der Waals surface area contributed by atoms with E-state index in [1.807, 2.05) is 38.1 Å². The Labute approximate surface area is 109 Å². The SMILES string of the molecule is COc1ccc(C(C)NCC(C)(C)C(N)=O)cc1. The zero-order valence-corrected chi connectivity index (χ0v) is 11.5. The van der Waals surface area contributed by atoms with E-state index in [0.29, 0.717) is 6.54 Å². The van der Waals surface area contributed by atoms with Crippen LogP contribution in [0.1, 0.15) is 32.4 Å². The number of carbonyl (C=O) groups excluding carboxylic acids is 1. The second-order valence-corrected chi connectivity index (χ2v) is 5.12. The molecule has 0 aliphatic rings. The summed E-state index contributed by atoms with van der Waals surface area (Å²) in [5, 5.41) is 3.32. The van der Waals surface area contributed by atoms with Crippen LogP contribution in [0.25, 0.3) is 0 Å². The van der Waals surface area contributed by atoms with Crippen molar-refractivity contribution in [2.24, 2.45) is 11.1 Å². The Hall–Kier alpha value is -1.55. The summed E-state index contributed by atoms with van der Waals surface area (Å²) in [7, 11) is 1.64. The highest BCUT2D eigenvalue weighted by Crippen LogP contribution is 2.19. The molecule has 0 aromatic heterocycles. The summed E-state index contributed by atoms with van der Waals surface area (Å²) >= 11 is 0. The molecule has 1 aromatic carbocycles. The van der Waals surface area contributed by atoms with Gasteiger partial charge >= 0.3 is 0 Å². The highest BCUT2D eigenvalue weighted by molar-refractivity contribution is 5.80. The molecule has 1 atom stereocenters. The van der Waals surface area contributed by atoms with Gasteiger partial charge in [-0.05, 0) is 38.5 Å². The smallest absolute Gasteiger partial charge is 0.224 e. The van der Waals surface area contributed by atoms with Crippen molar-refractivity contribution < 1.29 is 9.53 Å². The number of ether oxygens (including phenoxy) is 1. The van der Waals surface area contributed by atoms with Gasteiger partial charge in [-0.25, -0.2) is 0 Å². The number of hydrogen-bond acceptors (Lipinski definition) is 3. The zero-order chi connectivity index (χ0) is 13.8. The summed E-state index contributed by atoms with van der Waals surface area (Å²) in [6.07, 6.45) is 0. The van der Waals surface area contributed by atoms with Gasteiger partial charge < -0.3 is 15.8 Å². The van der Waals surface area contributed by atoms with Crippen LogP contribution in [0.2, 0.25) is 0 Å². The van der Waals surface area contributed by atoms with E-state index in [9.17, 15) is 4.79 Å². The Bertz CT molecular complexity index is 399. The lowest BCUT2D eigenvalue weighted by atomic mass is 9.92. The standard InChI is InChI=1S/C14H22N2O2/c1-10(16-9-14(2,3)13(15)17)11-5-7-12(18-4)8-6-11/h5-8,10,16H,9H2,1-4H3,(H2,15,17). The minimum absolute atomic E-state index is 0.162. The molecule has 0 saturated carbocycles. The van der Waals surface area contributed by atoms with Crippen molar-refractivity contribution in [1.29, 1.82) is 0 Å². The highest BCUT2D eigenvalue weighted by Gasteiger charge is 2.25. The molecule has 1 aromatic rings. The van der Waals surface area contributed by atoms with E-state index in [2.05, 4.69) is 12.2 Å². The molecule has 0 saturated heterocycles. The van der Waals surface area contributed by atoms with Gasteiger partial charge in [0.2, 0.25) is 5.91 Å². The molecule has 0 heterocycles. The monoisotopic (exact) mass is 250 g/mol. The first-order valence-corrected chi connectivity index (χ1v) is 6.04. The predicted octanol–water partition coefficient (Wildman–Crippen LogP) is 1.86. The number of carbonyl (C=O) groups is 1. The second kappa shape index (κ2) is 5.87. The van der Waals surface area contributed by atoms with E-state index in [0.717, 1.165) is 11.3 Å². The maximum absolute atomic E-state index is 11.2. The molecule has 100 valence electrons. The van der Waals surface area contributed by atoms with Gasteiger partial charge in [-0.2, -0.15) is 0 Å². The number of nitrogens with two attached hydrogens (primary N) is 1. The summed E-state index contributed by atoms with van der Waals surface area (Å²) < 4.78 is 5.11. The van der Waals surface area contributed by atoms with Gasteiger partial charge in [-0.15, -0.1) is 0 Å². The number of amides is 1. The van der Waals surface area contributed by atoms with E-state index >= 15 is 0 Å². The summed E-state index contributed by atoms with van der Waals surface area (Å²) in [6, 6.07) is 8.02. The number of nitrogens with one attached hydrogen (secondary N) is 1. The molecule has 1 unspecified atom stereocenters. The number of rotatable bonds is 6. The molecule has 4 heteroatoms. The molecule has 0 spiro atoms. The fraction of sp³-hybridized carbons (Fsp3) is 0.500. The van der Waals surface area contributed by atoms with Crippen LogP contribution < -0.4 is 15.8 Å². The van der Waals surface area contributed by atoms with Gasteiger partial charge in [0.05, 0.1) is 12.5 Å². The molecule has 0 aliphatic heterocycles. The molecule has 0 bridgehead atoms. The minimum Gasteiger partial charge on any atom is -0.497 e. The van der Waals surface area contributed by atoms with Crippen LogP contribution in [0.3, 0.4) is 0 Å². The first kappa shape index (κ1) is 14.5. The van der Waals surface area contributed by atoms with Crippen molar-refractivity contribution in [3.8, 4) is 5.75 Å². The number of primary amides is 1. The van der Waals surface area contributed by atoms with Gasteiger partial charge in [-0.3, -0.25) is 4.79 Å². The summed E-state index contributed by atoms with van der Waals surface area (Å²) in [5.74, 6) is 0.542. The van der Waals surface area contributed by atoms with Crippen molar-refractivity contribution in [1.82, 2.24) is 5.32 Å². The molecule has 0 radical (unpaired) electrons. The Balaban J connectivity index is 2.59. The van der Waals surface area contributed by atoms with Gasteiger partial charge in [0.1, 0.15) is 5.75 Å². The third-order valence-corrected chi connectivity index (χ3v) is 3.13. The first-order chi connectivity index (χ1) is 8.36. The van der Waals surface area contributed by atoms with Gasteiger partial charge in [-0.1, -0.05) is 12.1 Å². The van der Waals surface area contributed by atoms with Crippen molar-refractivity contribution in [3.63, 3.8) is 0 Å². The van der Waals surface area contributed by atoms with Crippen molar-refractivity contribution in [2.45, 2.75) is 26.8 Å². The van der Waals surface area contributed by atoms with E-state index in [1.54, 1.807) is 7.11 Å². The van der Waals surface area contributed by atoms with Crippen LogP contribution in [0, 0.1) is 5.41 Å². The Morgan fingerprint density at radius 3 is 2.39 bits per heavy atom. The van der Waals surface area contributed by atoms with Gasteiger partial charge in [0, 0.05) is 12.6 Å². The minimum atomic E-state index is -0.541. The van der Waals surface area contributed by atoms with Crippen molar-refractivity contribution >= 4 is 5.91 Å². The maximum atomic E-state index is 11.2.